The van der Waals surface area contributed by atoms with E-state index in [-0.39, 0.29) is 11.6 Å². The average Bonchev–Trinajstić information content (AvgIpc) is 2.72. The molecule has 0 saturated carbocycles. The molecule has 1 unspecified atom stereocenters. The van der Waals surface area contributed by atoms with Crippen molar-refractivity contribution in [2.75, 3.05) is 13.2 Å². The molecule has 0 bridgehead atoms. The number of carbonyl (C=O) groups excluding carboxylic acids is 1. The Kier molecular flexibility index (Phi) is 8.11. The van der Waals surface area contributed by atoms with Crippen molar-refractivity contribution in [3.05, 3.63) is 65.2 Å². The van der Waals surface area contributed by atoms with E-state index in [0.717, 1.165) is 12.0 Å². The van der Waals surface area contributed by atoms with Gasteiger partial charge in [-0.25, -0.2) is 0 Å². The molecule has 2 aromatic rings. The lowest BCUT2D eigenvalue weighted by Gasteiger charge is -2.14. The maximum Gasteiger partial charge on any atom is 0.262 e. The maximum atomic E-state index is 12.5. The lowest BCUT2D eigenvalue weighted by molar-refractivity contribution is -0.117. The van der Waals surface area contributed by atoms with E-state index in [1.807, 2.05) is 57.2 Å². The van der Waals surface area contributed by atoms with Gasteiger partial charge in [-0.2, -0.15) is 5.26 Å². The number of carbonyl (C=O) groups is 1. The second kappa shape index (κ2) is 10.8. The standard InChI is InChI=1S/C23H26N2O3/c1-4-13-28-21-12-11-18(15-22(21)27-5-2)14-20(16-24)23(26)25-17(3)19-9-7-6-8-10-19/h6-12,14-15,17H,4-5,13H2,1-3H3,(H,25,26). The minimum Gasteiger partial charge on any atom is -0.490 e. The largest absolute Gasteiger partial charge is 0.490 e. The molecule has 5 heteroatoms. The van der Waals surface area contributed by atoms with Crippen LogP contribution < -0.4 is 14.8 Å². The van der Waals surface area contributed by atoms with E-state index in [4.69, 9.17) is 9.47 Å². The summed E-state index contributed by atoms with van der Waals surface area (Å²) in [5.74, 6) is 0.838. The van der Waals surface area contributed by atoms with Gasteiger partial charge in [0.2, 0.25) is 0 Å². The van der Waals surface area contributed by atoms with Crippen LogP contribution in [0.1, 0.15) is 44.4 Å². The number of amides is 1. The first-order valence-corrected chi connectivity index (χ1v) is 9.46. The van der Waals surface area contributed by atoms with E-state index in [1.54, 1.807) is 24.3 Å². The van der Waals surface area contributed by atoms with Crippen molar-refractivity contribution in [1.82, 2.24) is 5.32 Å². The molecular weight excluding hydrogens is 352 g/mol. The third-order valence-electron chi connectivity index (χ3n) is 4.05. The zero-order valence-corrected chi connectivity index (χ0v) is 16.6. The van der Waals surface area contributed by atoms with Gasteiger partial charge in [-0.1, -0.05) is 43.3 Å². The molecule has 0 fully saturated rings. The molecule has 1 N–H and O–H groups in total. The Morgan fingerprint density at radius 1 is 1.14 bits per heavy atom. The highest BCUT2D eigenvalue weighted by atomic mass is 16.5. The average molecular weight is 378 g/mol. The number of nitrogens with zero attached hydrogens (tertiary/aromatic N) is 1. The molecule has 1 amide bonds. The van der Waals surface area contributed by atoms with Crippen LogP contribution in [0.15, 0.2) is 54.1 Å². The molecule has 0 radical (unpaired) electrons. The van der Waals surface area contributed by atoms with Crippen LogP contribution in [0.25, 0.3) is 6.08 Å². The fourth-order valence-corrected chi connectivity index (χ4v) is 2.63. The number of nitrogens with one attached hydrogen (secondary N) is 1. The van der Waals surface area contributed by atoms with Crippen molar-refractivity contribution in [2.45, 2.75) is 33.2 Å². The van der Waals surface area contributed by atoms with Crippen LogP contribution in [-0.2, 0) is 4.79 Å². The van der Waals surface area contributed by atoms with Gasteiger partial charge in [0.15, 0.2) is 11.5 Å². The Hall–Kier alpha value is -3.26. The summed E-state index contributed by atoms with van der Waals surface area (Å²) in [7, 11) is 0. The van der Waals surface area contributed by atoms with E-state index in [1.165, 1.54) is 0 Å². The summed E-state index contributed by atoms with van der Waals surface area (Å²) < 4.78 is 11.3. The van der Waals surface area contributed by atoms with Gasteiger partial charge in [-0.3, -0.25) is 4.79 Å². The fraction of sp³-hybridized carbons (Fsp3) is 0.304. The summed E-state index contributed by atoms with van der Waals surface area (Å²) in [5.41, 5.74) is 1.71. The molecule has 5 nitrogen and oxygen atoms in total. The highest BCUT2D eigenvalue weighted by molar-refractivity contribution is 6.01. The van der Waals surface area contributed by atoms with Crippen LogP contribution >= 0.6 is 0 Å². The molecule has 2 aromatic carbocycles. The maximum absolute atomic E-state index is 12.5. The molecule has 0 aliphatic heterocycles. The first kappa shape index (κ1) is 21.0. The highest BCUT2D eigenvalue weighted by Crippen LogP contribution is 2.29. The number of nitriles is 1. The SMILES string of the molecule is CCCOc1ccc(C=C(C#N)C(=O)NC(C)c2ccccc2)cc1OCC. The summed E-state index contributed by atoms with van der Waals surface area (Å²) in [4.78, 5) is 12.5. The van der Waals surface area contributed by atoms with E-state index in [0.29, 0.717) is 30.3 Å². The van der Waals surface area contributed by atoms with Crippen LogP contribution in [0, 0.1) is 11.3 Å². The van der Waals surface area contributed by atoms with Crippen LogP contribution in [-0.4, -0.2) is 19.1 Å². The Bertz CT molecular complexity index is 854. The molecular formula is C23H26N2O3. The van der Waals surface area contributed by atoms with Crippen molar-refractivity contribution in [1.29, 1.82) is 5.26 Å². The van der Waals surface area contributed by atoms with Gasteiger partial charge in [-0.05, 0) is 49.6 Å². The van der Waals surface area contributed by atoms with Gasteiger partial charge in [0.25, 0.3) is 5.91 Å². The van der Waals surface area contributed by atoms with E-state index >= 15 is 0 Å². The Balaban J connectivity index is 2.19. The third-order valence-corrected chi connectivity index (χ3v) is 4.05. The summed E-state index contributed by atoms with van der Waals surface area (Å²) in [6.07, 6.45) is 2.45. The van der Waals surface area contributed by atoms with Gasteiger partial charge >= 0.3 is 0 Å². The number of ether oxygens (including phenoxy) is 2. The summed E-state index contributed by atoms with van der Waals surface area (Å²) >= 11 is 0. The number of rotatable bonds is 9. The van der Waals surface area contributed by atoms with Gasteiger partial charge in [0.1, 0.15) is 11.6 Å². The summed E-state index contributed by atoms with van der Waals surface area (Å²) in [6.45, 7) is 6.90. The Labute approximate surface area is 166 Å². The van der Waals surface area contributed by atoms with Crippen LogP contribution in [0.2, 0.25) is 0 Å². The molecule has 0 aliphatic rings. The molecule has 0 aromatic heterocycles. The molecule has 0 spiro atoms. The van der Waals surface area contributed by atoms with Crippen molar-refractivity contribution in [3.8, 4) is 17.6 Å². The van der Waals surface area contributed by atoms with E-state index in [9.17, 15) is 10.1 Å². The topological polar surface area (TPSA) is 71.3 Å². The number of hydrogen-bond acceptors (Lipinski definition) is 4. The Morgan fingerprint density at radius 2 is 1.89 bits per heavy atom. The normalized spacial score (nSPS) is 12.0. The molecule has 0 saturated heterocycles. The lowest BCUT2D eigenvalue weighted by Crippen LogP contribution is -2.27. The van der Waals surface area contributed by atoms with Gasteiger partial charge in [0.05, 0.1) is 19.3 Å². The molecule has 1 atom stereocenters. The third kappa shape index (κ3) is 5.88. The number of hydrogen-bond donors (Lipinski definition) is 1. The number of benzene rings is 2. The summed E-state index contributed by atoms with van der Waals surface area (Å²) in [5, 5.41) is 12.3. The van der Waals surface area contributed by atoms with Crippen molar-refractivity contribution >= 4 is 12.0 Å². The smallest absolute Gasteiger partial charge is 0.262 e. The van der Waals surface area contributed by atoms with Crippen molar-refractivity contribution in [3.63, 3.8) is 0 Å². The summed E-state index contributed by atoms with van der Waals surface area (Å²) in [6, 6.07) is 16.8. The zero-order valence-electron chi connectivity index (χ0n) is 16.6. The van der Waals surface area contributed by atoms with E-state index in [2.05, 4.69) is 5.32 Å². The lowest BCUT2D eigenvalue weighted by atomic mass is 10.1. The van der Waals surface area contributed by atoms with Gasteiger partial charge in [-0.15, -0.1) is 0 Å². The van der Waals surface area contributed by atoms with Crippen LogP contribution in [0.3, 0.4) is 0 Å². The Morgan fingerprint density at radius 3 is 2.54 bits per heavy atom. The monoisotopic (exact) mass is 378 g/mol. The highest BCUT2D eigenvalue weighted by Gasteiger charge is 2.14. The van der Waals surface area contributed by atoms with Gasteiger partial charge in [0, 0.05) is 0 Å². The van der Waals surface area contributed by atoms with Crippen molar-refractivity contribution in [2.24, 2.45) is 0 Å². The fourth-order valence-electron chi connectivity index (χ4n) is 2.63. The zero-order chi connectivity index (χ0) is 20.4. The molecule has 146 valence electrons. The minimum absolute atomic E-state index is 0.0347. The van der Waals surface area contributed by atoms with E-state index < -0.39 is 5.91 Å². The van der Waals surface area contributed by atoms with Crippen LogP contribution in [0.4, 0.5) is 0 Å². The predicted molar refractivity (Wildman–Crippen MR) is 110 cm³/mol. The first-order chi connectivity index (χ1) is 13.6. The van der Waals surface area contributed by atoms with Gasteiger partial charge < -0.3 is 14.8 Å². The van der Waals surface area contributed by atoms with Crippen LogP contribution in [0.5, 0.6) is 11.5 Å². The second-order valence-corrected chi connectivity index (χ2v) is 6.26. The molecule has 0 heterocycles. The molecule has 2 rings (SSSR count). The molecule has 0 aliphatic carbocycles. The quantitative estimate of drug-likeness (QED) is 0.509. The molecule has 28 heavy (non-hydrogen) atoms. The minimum atomic E-state index is -0.414. The second-order valence-electron chi connectivity index (χ2n) is 6.26. The first-order valence-electron chi connectivity index (χ1n) is 9.46. The predicted octanol–water partition coefficient (Wildman–Crippen LogP) is 4.66. The van der Waals surface area contributed by atoms with Crippen molar-refractivity contribution < 1.29 is 14.3 Å².